The Morgan fingerprint density at radius 2 is 2.11 bits per heavy atom. The van der Waals surface area contributed by atoms with Crippen LogP contribution in [0.5, 0.6) is 0 Å². The van der Waals surface area contributed by atoms with Crippen molar-refractivity contribution < 1.29 is 14.1 Å². The number of fused-ring (bicyclic) bond motifs is 3. The first kappa shape index (κ1) is 17.3. The van der Waals surface area contributed by atoms with Crippen LogP contribution < -0.4 is 10.6 Å². The number of rotatable bonds is 2. The smallest absolute Gasteiger partial charge is 0.275 e. The SMILES string of the molecule is CC(C)(C)c1cc(NC(=O)c2ccc3cc4n(c3n2)CCCNC4=O)no1. The Hall–Kier alpha value is -3.16. The molecule has 0 saturated heterocycles. The van der Waals surface area contributed by atoms with Gasteiger partial charge in [-0.05, 0) is 24.6 Å². The van der Waals surface area contributed by atoms with Gasteiger partial charge < -0.3 is 19.7 Å². The molecule has 0 atom stereocenters. The van der Waals surface area contributed by atoms with E-state index in [9.17, 15) is 9.59 Å². The van der Waals surface area contributed by atoms with Crippen molar-refractivity contribution in [2.75, 3.05) is 11.9 Å². The highest BCUT2D eigenvalue weighted by Crippen LogP contribution is 2.25. The molecule has 0 saturated carbocycles. The normalized spacial score (nSPS) is 14.6. The molecule has 3 aromatic heterocycles. The minimum absolute atomic E-state index is 0.117. The summed E-state index contributed by atoms with van der Waals surface area (Å²) in [6.07, 6.45) is 0.815. The van der Waals surface area contributed by atoms with Crippen molar-refractivity contribution in [1.29, 1.82) is 0 Å². The standard InChI is InChI=1S/C19H21N5O3/c1-19(2,3)14-10-15(23-27-14)22-17(25)12-6-5-11-9-13-18(26)20-7-4-8-24(13)16(11)21-12/h5-6,9-10H,4,7-8H2,1-3H3,(H,20,26)(H,22,23,25). The maximum absolute atomic E-state index is 12.6. The number of hydrogen-bond donors (Lipinski definition) is 2. The molecule has 0 fully saturated rings. The van der Waals surface area contributed by atoms with E-state index in [2.05, 4.69) is 20.8 Å². The summed E-state index contributed by atoms with van der Waals surface area (Å²) >= 11 is 0. The second-order valence-electron chi connectivity index (χ2n) is 7.68. The lowest BCUT2D eigenvalue weighted by molar-refractivity contribution is 0.0950. The molecule has 2 N–H and O–H groups in total. The van der Waals surface area contributed by atoms with Crippen LogP contribution >= 0.6 is 0 Å². The molecule has 140 valence electrons. The number of carbonyl (C=O) groups excluding carboxylic acids is 2. The van der Waals surface area contributed by atoms with E-state index >= 15 is 0 Å². The predicted octanol–water partition coefficient (Wildman–Crippen LogP) is 2.71. The summed E-state index contributed by atoms with van der Waals surface area (Å²) in [6, 6.07) is 6.96. The summed E-state index contributed by atoms with van der Waals surface area (Å²) in [5.41, 5.74) is 1.26. The van der Waals surface area contributed by atoms with E-state index in [0.29, 0.717) is 36.0 Å². The second-order valence-corrected chi connectivity index (χ2v) is 7.68. The molecular weight excluding hydrogens is 346 g/mol. The number of nitrogens with zero attached hydrogens (tertiary/aromatic N) is 3. The van der Waals surface area contributed by atoms with Crippen molar-refractivity contribution >= 4 is 28.7 Å². The average Bonchev–Trinajstić information content (AvgIpc) is 3.18. The van der Waals surface area contributed by atoms with Gasteiger partial charge in [0, 0.05) is 30.0 Å². The van der Waals surface area contributed by atoms with Crippen LogP contribution in [-0.4, -0.2) is 33.1 Å². The monoisotopic (exact) mass is 367 g/mol. The molecule has 8 heteroatoms. The van der Waals surface area contributed by atoms with E-state index < -0.39 is 0 Å². The van der Waals surface area contributed by atoms with Crippen molar-refractivity contribution in [3.8, 4) is 0 Å². The highest BCUT2D eigenvalue weighted by Gasteiger charge is 2.22. The van der Waals surface area contributed by atoms with Gasteiger partial charge in [0.15, 0.2) is 5.82 Å². The first-order valence-corrected chi connectivity index (χ1v) is 8.90. The molecule has 8 nitrogen and oxygen atoms in total. The van der Waals surface area contributed by atoms with E-state index in [0.717, 1.165) is 11.8 Å². The van der Waals surface area contributed by atoms with Crippen molar-refractivity contribution in [3.05, 3.63) is 41.4 Å². The van der Waals surface area contributed by atoms with Crippen molar-refractivity contribution in [3.63, 3.8) is 0 Å². The third-order valence-corrected chi connectivity index (χ3v) is 4.54. The summed E-state index contributed by atoms with van der Waals surface area (Å²) in [5.74, 6) is 0.539. The van der Waals surface area contributed by atoms with Gasteiger partial charge in [0.1, 0.15) is 22.8 Å². The van der Waals surface area contributed by atoms with Gasteiger partial charge in [-0.2, -0.15) is 0 Å². The molecule has 27 heavy (non-hydrogen) atoms. The molecule has 1 aliphatic rings. The molecule has 4 heterocycles. The quantitative estimate of drug-likeness (QED) is 0.725. The molecule has 0 aromatic carbocycles. The van der Waals surface area contributed by atoms with Crippen LogP contribution in [0.1, 0.15) is 53.9 Å². The maximum atomic E-state index is 12.6. The van der Waals surface area contributed by atoms with E-state index in [1.165, 1.54) is 0 Å². The fourth-order valence-electron chi connectivity index (χ4n) is 3.07. The highest BCUT2D eigenvalue weighted by molar-refractivity contribution is 6.04. The van der Waals surface area contributed by atoms with E-state index in [1.54, 1.807) is 24.3 Å². The zero-order chi connectivity index (χ0) is 19.2. The van der Waals surface area contributed by atoms with Gasteiger partial charge in [-0.3, -0.25) is 9.59 Å². The lowest BCUT2D eigenvalue weighted by Gasteiger charge is -2.12. The lowest BCUT2D eigenvalue weighted by Crippen LogP contribution is -2.22. The Morgan fingerprint density at radius 3 is 2.85 bits per heavy atom. The first-order valence-electron chi connectivity index (χ1n) is 8.90. The van der Waals surface area contributed by atoms with Crippen molar-refractivity contribution in [2.45, 2.75) is 39.2 Å². The molecule has 0 radical (unpaired) electrons. The first-order chi connectivity index (χ1) is 12.8. The number of hydrogen-bond acceptors (Lipinski definition) is 5. The zero-order valence-corrected chi connectivity index (χ0v) is 15.5. The maximum Gasteiger partial charge on any atom is 0.275 e. The molecule has 0 spiro atoms. The van der Waals surface area contributed by atoms with Crippen LogP contribution in [0.2, 0.25) is 0 Å². The number of carbonyl (C=O) groups is 2. The van der Waals surface area contributed by atoms with Crippen LogP contribution in [0.3, 0.4) is 0 Å². The largest absolute Gasteiger partial charge is 0.359 e. The number of aryl methyl sites for hydroxylation is 1. The van der Waals surface area contributed by atoms with Gasteiger partial charge in [-0.1, -0.05) is 25.9 Å². The molecule has 1 aliphatic heterocycles. The number of nitrogens with one attached hydrogen (secondary N) is 2. The number of aromatic nitrogens is 3. The Labute approximate surface area is 155 Å². The topological polar surface area (TPSA) is 102 Å². The predicted molar refractivity (Wildman–Crippen MR) is 99.8 cm³/mol. The van der Waals surface area contributed by atoms with Crippen LogP contribution in [0.4, 0.5) is 5.82 Å². The Bertz CT molecular complexity index is 1040. The van der Waals surface area contributed by atoms with Gasteiger partial charge >= 0.3 is 0 Å². The van der Waals surface area contributed by atoms with Gasteiger partial charge in [-0.15, -0.1) is 0 Å². The summed E-state index contributed by atoms with van der Waals surface area (Å²) in [6.45, 7) is 7.31. The van der Waals surface area contributed by atoms with E-state index in [4.69, 9.17) is 4.52 Å². The Balaban J connectivity index is 1.63. The minimum atomic E-state index is -0.376. The average molecular weight is 367 g/mol. The van der Waals surface area contributed by atoms with Crippen molar-refractivity contribution in [1.82, 2.24) is 20.0 Å². The van der Waals surface area contributed by atoms with E-state index in [1.807, 2.05) is 25.3 Å². The Kier molecular flexibility index (Phi) is 3.98. The van der Waals surface area contributed by atoms with Gasteiger partial charge in [0.2, 0.25) is 0 Å². The molecular formula is C19H21N5O3. The van der Waals surface area contributed by atoms with Crippen LogP contribution in [0.25, 0.3) is 11.0 Å². The van der Waals surface area contributed by atoms with Gasteiger partial charge in [0.25, 0.3) is 11.8 Å². The highest BCUT2D eigenvalue weighted by atomic mass is 16.5. The van der Waals surface area contributed by atoms with Crippen LogP contribution in [0, 0.1) is 0 Å². The van der Waals surface area contributed by atoms with Crippen LogP contribution in [0.15, 0.2) is 28.8 Å². The lowest BCUT2D eigenvalue weighted by atomic mass is 9.93. The van der Waals surface area contributed by atoms with E-state index in [-0.39, 0.29) is 22.9 Å². The Morgan fingerprint density at radius 1 is 1.30 bits per heavy atom. The van der Waals surface area contributed by atoms with Crippen LogP contribution in [-0.2, 0) is 12.0 Å². The molecule has 0 unspecified atom stereocenters. The summed E-state index contributed by atoms with van der Waals surface area (Å²) < 4.78 is 7.15. The molecule has 3 aromatic rings. The summed E-state index contributed by atoms with van der Waals surface area (Å²) in [4.78, 5) is 29.2. The fraction of sp³-hybridized carbons (Fsp3) is 0.368. The minimum Gasteiger partial charge on any atom is -0.359 e. The second kappa shape index (κ2) is 6.22. The zero-order valence-electron chi connectivity index (χ0n) is 15.5. The summed E-state index contributed by atoms with van der Waals surface area (Å²) in [5, 5.41) is 10.3. The molecule has 0 bridgehead atoms. The third-order valence-electron chi connectivity index (χ3n) is 4.54. The molecule has 4 rings (SSSR count). The number of amides is 2. The number of pyridine rings is 1. The summed E-state index contributed by atoms with van der Waals surface area (Å²) in [7, 11) is 0. The van der Waals surface area contributed by atoms with Gasteiger partial charge in [-0.25, -0.2) is 4.98 Å². The number of anilines is 1. The molecule has 2 amide bonds. The van der Waals surface area contributed by atoms with Crippen molar-refractivity contribution in [2.24, 2.45) is 0 Å². The molecule has 0 aliphatic carbocycles. The fourth-order valence-corrected chi connectivity index (χ4v) is 3.07. The van der Waals surface area contributed by atoms with Gasteiger partial charge in [0.05, 0.1) is 0 Å². The third kappa shape index (κ3) is 3.18.